The molecule has 18 nitrogen and oxygen atoms in total. The lowest BCUT2D eigenvalue weighted by Gasteiger charge is -2.22. The van der Waals surface area contributed by atoms with Gasteiger partial charge in [-0.2, -0.15) is 0 Å². The number of nitrogen functional groups attached to an aromatic ring is 1. The van der Waals surface area contributed by atoms with Crippen molar-refractivity contribution in [3.8, 4) is 22.5 Å². The minimum Gasteiger partial charge on any atom is -0.744 e. The van der Waals surface area contributed by atoms with Crippen molar-refractivity contribution in [3.63, 3.8) is 0 Å². The minimum atomic E-state index is -5.49. The van der Waals surface area contributed by atoms with Gasteiger partial charge in [0, 0.05) is 47.3 Å². The molecule has 0 aromatic heterocycles. The van der Waals surface area contributed by atoms with Gasteiger partial charge in [-0.3, -0.25) is 29.5 Å². The highest BCUT2D eigenvalue weighted by atomic mass is 32.2. The van der Waals surface area contributed by atoms with E-state index in [0.29, 0.717) is 0 Å². The Kier molecular flexibility index (Phi) is 8.82. The smallest absolute Gasteiger partial charge is 0.336 e. The molecule has 2 aromatic carbocycles. The zero-order chi connectivity index (χ0) is 36.0. The van der Waals surface area contributed by atoms with Crippen LogP contribution >= 0.6 is 0 Å². The molecule has 49 heavy (non-hydrogen) atoms. The number of fused-ring (bicyclic) bond motifs is 2. The van der Waals surface area contributed by atoms with Gasteiger partial charge in [-0.1, -0.05) is 6.07 Å². The molecule has 3 aliphatic rings. The second-order valence-corrected chi connectivity index (χ2v) is 13.0. The van der Waals surface area contributed by atoms with E-state index in [1.807, 2.05) is 0 Å². The number of hydrogen-bond acceptors (Lipinski definition) is 14. The first-order valence-corrected chi connectivity index (χ1v) is 16.5. The first-order valence-electron chi connectivity index (χ1n) is 13.6. The Bertz CT molecular complexity index is 2400. The molecule has 2 aliphatic heterocycles. The highest BCUT2D eigenvalue weighted by molar-refractivity contribution is 7.86. The number of amides is 4. The van der Waals surface area contributed by atoms with Crippen LogP contribution in [-0.4, -0.2) is 85.2 Å². The summed E-state index contributed by atoms with van der Waals surface area (Å²) >= 11 is 0. The lowest BCUT2D eigenvalue weighted by atomic mass is 9.89. The third-order valence-electron chi connectivity index (χ3n) is 7.25. The summed E-state index contributed by atoms with van der Waals surface area (Å²) in [5.41, 5.74) is 2.64. The summed E-state index contributed by atoms with van der Waals surface area (Å²) in [6, 6.07) is 7.32. The molecule has 5 rings (SSSR count). The van der Waals surface area contributed by atoms with Gasteiger partial charge in [-0.25, -0.2) is 21.6 Å². The Labute approximate surface area is 275 Å². The van der Waals surface area contributed by atoms with Gasteiger partial charge in [-0.15, -0.1) is 0 Å². The molecule has 6 N–H and O–H groups in total. The lowest BCUT2D eigenvalue weighted by molar-refractivity contribution is -0.137. The fraction of sp³-hybridized carbons (Fsp3) is 0.103. The van der Waals surface area contributed by atoms with Crippen LogP contribution < -0.4 is 21.7 Å². The molecule has 0 saturated heterocycles. The monoisotopic (exact) mass is 711 g/mol. The minimum absolute atomic E-state index is 0.116. The molecule has 0 atom stereocenters. The average Bonchev–Trinajstić information content (AvgIpc) is 3.33. The van der Waals surface area contributed by atoms with Crippen LogP contribution in [0.3, 0.4) is 0 Å². The van der Waals surface area contributed by atoms with Crippen LogP contribution in [0.5, 0.6) is 0 Å². The number of carboxylic acid groups (broad SMARTS) is 1. The summed E-state index contributed by atoms with van der Waals surface area (Å²) in [6.07, 6.45) is 2.15. The number of anilines is 1. The number of carbonyl (C=O) groups is 5. The molecule has 0 fully saturated rings. The average molecular weight is 712 g/mol. The number of nitrogens with zero attached hydrogens (tertiary/aromatic N) is 1. The molecule has 1 aliphatic carbocycles. The Hall–Kier alpha value is -5.96. The number of carbonyl (C=O) groups excluding carboxylic acids is 4. The number of imide groups is 1. The largest absolute Gasteiger partial charge is 0.744 e. The van der Waals surface area contributed by atoms with Crippen LogP contribution in [0.4, 0.5) is 5.69 Å². The summed E-state index contributed by atoms with van der Waals surface area (Å²) < 4.78 is 78.9. The Morgan fingerprint density at radius 1 is 0.898 bits per heavy atom. The molecule has 0 radical (unpaired) electrons. The predicted molar refractivity (Wildman–Crippen MR) is 163 cm³/mol. The summed E-state index contributed by atoms with van der Waals surface area (Å²) in [4.78, 5) is 59.4. The molecular weight excluding hydrogens is 690 g/mol. The van der Waals surface area contributed by atoms with Gasteiger partial charge in [-0.05, 0) is 42.0 Å². The molecule has 2 aromatic rings. The van der Waals surface area contributed by atoms with Crippen molar-refractivity contribution in [2.24, 2.45) is 0 Å². The van der Waals surface area contributed by atoms with Crippen molar-refractivity contribution < 1.29 is 59.4 Å². The number of rotatable bonds is 10. The first-order chi connectivity index (χ1) is 22.9. The number of nitrogens with one attached hydrogen (secondary N) is 3. The molecule has 0 bridgehead atoms. The normalized spacial score (nSPS) is 13.3. The molecule has 0 unspecified atom stereocenters. The summed E-state index contributed by atoms with van der Waals surface area (Å²) in [6.45, 7) is -0.826. The van der Waals surface area contributed by atoms with Gasteiger partial charge in [0.05, 0.1) is 23.2 Å². The molecule has 0 spiro atoms. The Morgan fingerprint density at radius 2 is 1.53 bits per heavy atom. The van der Waals surface area contributed by atoms with Crippen LogP contribution in [0.1, 0.15) is 20.7 Å². The first kappa shape index (κ1) is 34.4. The molecule has 0 saturated carbocycles. The molecule has 254 valence electrons. The van der Waals surface area contributed by atoms with Crippen molar-refractivity contribution in [3.05, 3.63) is 71.1 Å². The number of aromatic carboxylic acids is 1. The number of benzene rings is 3. The zero-order valence-electron chi connectivity index (χ0n) is 24.5. The van der Waals surface area contributed by atoms with E-state index in [1.54, 1.807) is 0 Å². The van der Waals surface area contributed by atoms with E-state index in [9.17, 15) is 55.0 Å². The maximum atomic E-state index is 12.9. The van der Waals surface area contributed by atoms with Crippen LogP contribution in [-0.2, 0) is 34.6 Å². The quantitative estimate of drug-likeness (QED) is 0.0602. The standard InChI is InChI=1S/C29H23N5O13S2/c30-18-5-3-15-23(16-4-6-19(31)27(49(44,45)46)25(16)47-24(15)26(18)48(41,42)43)14-2-1-13(11-17(14)29(39)40)28(38)33-12-20(35)32-9-10-34-21(36)7-8-22(34)37/h1-8,11,30H,9-10,12,31H2,(H,32,35)(H,33,38)(H,39,40)(H,41,42,43)(H,44,45,46)/p-2. The van der Waals surface area contributed by atoms with Gasteiger partial charge < -0.3 is 35.0 Å². The van der Waals surface area contributed by atoms with E-state index < -0.39 is 94.1 Å². The zero-order valence-corrected chi connectivity index (χ0v) is 26.1. The molecule has 2 heterocycles. The van der Waals surface area contributed by atoms with E-state index in [-0.39, 0.29) is 40.7 Å². The van der Waals surface area contributed by atoms with Gasteiger partial charge >= 0.3 is 5.97 Å². The van der Waals surface area contributed by atoms with Crippen LogP contribution in [0.15, 0.2) is 68.8 Å². The van der Waals surface area contributed by atoms with Crippen LogP contribution in [0.25, 0.3) is 33.4 Å². The topological polar surface area (TPSA) is 310 Å². The van der Waals surface area contributed by atoms with Crippen LogP contribution in [0, 0.1) is 5.41 Å². The summed E-state index contributed by atoms with van der Waals surface area (Å²) in [5, 5.41) is 21.8. The Morgan fingerprint density at radius 3 is 2.14 bits per heavy atom. The van der Waals surface area contributed by atoms with Crippen molar-refractivity contribution >= 4 is 66.5 Å². The summed E-state index contributed by atoms with van der Waals surface area (Å²) in [7, 11) is -10.9. The predicted octanol–water partition coefficient (Wildman–Crippen LogP) is -0.456. The number of nitrogens with two attached hydrogens (primary N) is 1. The van der Waals surface area contributed by atoms with E-state index in [2.05, 4.69) is 10.6 Å². The lowest BCUT2D eigenvalue weighted by Crippen LogP contribution is -2.42. The maximum Gasteiger partial charge on any atom is 0.336 e. The van der Waals surface area contributed by atoms with E-state index in [1.165, 1.54) is 0 Å². The second kappa shape index (κ2) is 12.6. The van der Waals surface area contributed by atoms with Gasteiger partial charge in [0.15, 0.2) is 11.3 Å². The van der Waals surface area contributed by atoms with Gasteiger partial charge in [0.2, 0.25) is 5.91 Å². The Balaban J connectivity index is 1.56. The maximum absolute atomic E-state index is 12.9. The fourth-order valence-corrected chi connectivity index (χ4v) is 6.60. The van der Waals surface area contributed by atoms with Crippen LogP contribution in [0.2, 0.25) is 0 Å². The van der Waals surface area contributed by atoms with E-state index in [4.69, 9.17) is 15.6 Å². The van der Waals surface area contributed by atoms with Crippen molar-refractivity contribution in [2.75, 3.05) is 25.4 Å². The van der Waals surface area contributed by atoms with E-state index in [0.717, 1.165) is 59.5 Å². The van der Waals surface area contributed by atoms with Crippen molar-refractivity contribution in [1.82, 2.24) is 15.5 Å². The summed E-state index contributed by atoms with van der Waals surface area (Å²) in [5.74, 6) is -5.21. The van der Waals surface area contributed by atoms with Crippen molar-refractivity contribution in [1.29, 1.82) is 5.41 Å². The van der Waals surface area contributed by atoms with Gasteiger partial charge in [0.25, 0.3) is 17.7 Å². The van der Waals surface area contributed by atoms with Crippen molar-refractivity contribution in [2.45, 2.75) is 9.79 Å². The second-order valence-electron chi connectivity index (χ2n) is 10.3. The highest BCUT2D eigenvalue weighted by Gasteiger charge is 2.29. The molecule has 20 heteroatoms. The molecule has 4 amide bonds. The molecular formula is C29H21N5O13S2-2. The number of hydrogen-bond donors (Lipinski definition) is 5. The van der Waals surface area contributed by atoms with Gasteiger partial charge in [0.1, 0.15) is 30.0 Å². The third kappa shape index (κ3) is 6.60. The fourth-order valence-electron chi connectivity index (χ4n) is 5.14. The SMILES string of the molecule is N=c1ccc2c(-c3ccc(C(=O)NCC(=O)NCCN4C(=O)C=CC4=O)cc3C(=O)O)c3ccc(N)c(S(=O)(=O)[O-])c3oc-2c1S(=O)(=O)[O-]. The third-order valence-corrected chi connectivity index (χ3v) is 9.07. The van der Waals surface area contributed by atoms with E-state index >= 15 is 0 Å². The number of carboxylic acids is 1. The highest BCUT2D eigenvalue weighted by Crippen LogP contribution is 2.45.